The number of aromatic nitrogens is 1. The average molecular weight is 464 g/mol. The van der Waals surface area contributed by atoms with Crippen molar-refractivity contribution in [1.29, 1.82) is 0 Å². The lowest BCUT2D eigenvalue weighted by Gasteiger charge is -2.24. The molecule has 2 aliphatic rings. The first-order valence-corrected chi connectivity index (χ1v) is 12.1. The van der Waals surface area contributed by atoms with E-state index in [0.29, 0.717) is 12.3 Å². The molecular weight excluding hydrogens is 429 g/mol. The Labute approximate surface area is 201 Å². The SMILES string of the molecule is C=C/C=C(\C=C/CF)c1c(/C=C/C2CC(O)CC(=O)O2)c(C2CC2)nc2cc(C)ccc12.CC. The zero-order valence-electron chi connectivity index (χ0n) is 20.3. The number of rotatable bonds is 7. The highest BCUT2D eigenvalue weighted by Gasteiger charge is 2.30. The molecule has 2 fully saturated rings. The molecule has 180 valence electrons. The quantitative estimate of drug-likeness (QED) is 0.370. The van der Waals surface area contributed by atoms with Crippen LogP contribution in [0.1, 0.15) is 67.8 Å². The molecule has 5 heteroatoms. The number of aryl methyl sites for hydroxylation is 1. The van der Waals surface area contributed by atoms with Gasteiger partial charge in [0.2, 0.25) is 0 Å². The molecule has 0 amide bonds. The van der Waals surface area contributed by atoms with E-state index in [0.717, 1.165) is 51.7 Å². The number of carbonyl (C=O) groups is 1. The number of allylic oxidation sites excluding steroid dienone is 5. The number of hydrogen-bond donors (Lipinski definition) is 1. The molecule has 1 aromatic carbocycles. The molecule has 1 saturated carbocycles. The van der Waals surface area contributed by atoms with Gasteiger partial charge in [0.1, 0.15) is 12.8 Å². The highest BCUT2D eigenvalue weighted by atomic mass is 19.1. The predicted molar refractivity (Wildman–Crippen MR) is 137 cm³/mol. The summed E-state index contributed by atoms with van der Waals surface area (Å²) in [7, 11) is 0. The molecule has 1 aromatic heterocycles. The Morgan fingerprint density at radius 3 is 2.74 bits per heavy atom. The van der Waals surface area contributed by atoms with E-state index >= 15 is 0 Å². The van der Waals surface area contributed by atoms with Crippen molar-refractivity contribution in [2.45, 2.75) is 64.6 Å². The molecule has 2 aromatic rings. The molecule has 4 nitrogen and oxygen atoms in total. The number of aliphatic hydroxyl groups is 1. The van der Waals surface area contributed by atoms with E-state index in [1.807, 2.05) is 51.1 Å². The van der Waals surface area contributed by atoms with E-state index in [2.05, 4.69) is 12.6 Å². The summed E-state index contributed by atoms with van der Waals surface area (Å²) in [5, 5.41) is 10.9. The van der Waals surface area contributed by atoms with Crippen LogP contribution in [0.5, 0.6) is 0 Å². The number of pyridine rings is 1. The number of carbonyl (C=O) groups excluding carboxylic acids is 1. The summed E-state index contributed by atoms with van der Waals surface area (Å²) in [6.07, 6.45) is 12.0. The first-order valence-electron chi connectivity index (χ1n) is 12.1. The summed E-state index contributed by atoms with van der Waals surface area (Å²) >= 11 is 0. The molecule has 2 heterocycles. The third-order valence-electron chi connectivity index (χ3n) is 5.81. The van der Waals surface area contributed by atoms with Crippen molar-refractivity contribution in [1.82, 2.24) is 4.98 Å². The number of ether oxygens (including phenoxy) is 1. The number of fused-ring (bicyclic) bond motifs is 1. The Morgan fingerprint density at radius 1 is 1.32 bits per heavy atom. The summed E-state index contributed by atoms with van der Waals surface area (Å²) < 4.78 is 18.4. The maximum absolute atomic E-state index is 13.0. The Hall–Kier alpha value is -3.05. The third kappa shape index (κ3) is 6.09. The highest BCUT2D eigenvalue weighted by Crippen LogP contribution is 2.44. The molecule has 1 aliphatic carbocycles. The van der Waals surface area contributed by atoms with Crippen molar-refractivity contribution in [2.75, 3.05) is 6.67 Å². The Bertz CT molecular complexity index is 1130. The van der Waals surface area contributed by atoms with Crippen molar-refractivity contribution < 1.29 is 19.0 Å². The van der Waals surface area contributed by atoms with Crippen molar-refractivity contribution in [3.63, 3.8) is 0 Å². The average Bonchev–Trinajstić information content (AvgIpc) is 3.66. The topological polar surface area (TPSA) is 59.4 Å². The second kappa shape index (κ2) is 11.9. The number of esters is 1. The molecule has 4 rings (SSSR count). The molecule has 2 atom stereocenters. The smallest absolute Gasteiger partial charge is 0.309 e. The maximum Gasteiger partial charge on any atom is 0.309 e. The van der Waals surface area contributed by atoms with Gasteiger partial charge in [-0.2, -0.15) is 0 Å². The van der Waals surface area contributed by atoms with Crippen LogP contribution < -0.4 is 0 Å². The summed E-state index contributed by atoms with van der Waals surface area (Å²) in [4.78, 5) is 16.8. The van der Waals surface area contributed by atoms with E-state index in [1.165, 1.54) is 6.08 Å². The third-order valence-corrected chi connectivity index (χ3v) is 5.81. The summed E-state index contributed by atoms with van der Waals surface area (Å²) in [5.41, 5.74) is 5.77. The highest BCUT2D eigenvalue weighted by molar-refractivity contribution is 5.99. The molecule has 1 aliphatic heterocycles. The van der Waals surface area contributed by atoms with E-state index in [1.54, 1.807) is 12.2 Å². The van der Waals surface area contributed by atoms with E-state index < -0.39 is 24.9 Å². The molecule has 34 heavy (non-hydrogen) atoms. The van der Waals surface area contributed by atoms with Gasteiger partial charge >= 0.3 is 5.97 Å². The van der Waals surface area contributed by atoms with Crippen LogP contribution in [0.15, 0.2) is 55.2 Å². The lowest BCUT2D eigenvalue weighted by Crippen LogP contribution is -2.31. The van der Waals surface area contributed by atoms with Gasteiger partial charge in [-0.1, -0.05) is 62.9 Å². The van der Waals surface area contributed by atoms with Crippen LogP contribution in [0, 0.1) is 6.92 Å². The van der Waals surface area contributed by atoms with Crippen LogP contribution in [0.4, 0.5) is 4.39 Å². The second-order valence-electron chi connectivity index (χ2n) is 8.48. The van der Waals surface area contributed by atoms with Crippen LogP contribution in [0.2, 0.25) is 0 Å². The first kappa shape index (κ1) is 25.6. The summed E-state index contributed by atoms with van der Waals surface area (Å²) in [6.45, 7) is 9.32. The van der Waals surface area contributed by atoms with Gasteiger partial charge in [-0.05, 0) is 43.0 Å². The molecule has 1 N–H and O–H groups in total. The minimum Gasteiger partial charge on any atom is -0.458 e. The van der Waals surface area contributed by atoms with E-state index in [4.69, 9.17) is 9.72 Å². The van der Waals surface area contributed by atoms with Gasteiger partial charge in [0.25, 0.3) is 0 Å². The minimum absolute atomic E-state index is 0.0278. The van der Waals surface area contributed by atoms with Crippen molar-refractivity contribution in [3.8, 4) is 0 Å². The van der Waals surface area contributed by atoms with Crippen LogP contribution in [-0.2, 0) is 9.53 Å². The molecular formula is C29H34FNO3. The van der Waals surface area contributed by atoms with Gasteiger partial charge in [0.15, 0.2) is 0 Å². The zero-order valence-corrected chi connectivity index (χ0v) is 20.3. The fourth-order valence-corrected chi connectivity index (χ4v) is 4.21. The van der Waals surface area contributed by atoms with E-state index in [9.17, 15) is 14.3 Å². The number of alkyl halides is 1. The number of cyclic esters (lactones) is 1. The number of aliphatic hydroxyl groups excluding tert-OH is 1. The van der Waals surface area contributed by atoms with Crippen molar-refractivity contribution in [2.24, 2.45) is 0 Å². The molecule has 0 radical (unpaired) electrons. The lowest BCUT2D eigenvalue weighted by molar-refractivity contribution is -0.156. The van der Waals surface area contributed by atoms with Crippen molar-refractivity contribution >= 4 is 28.5 Å². The summed E-state index contributed by atoms with van der Waals surface area (Å²) in [6, 6.07) is 6.16. The van der Waals surface area contributed by atoms with Crippen LogP contribution in [0.25, 0.3) is 22.6 Å². The van der Waals surface area contributed by atoms with Gasteiger partial charge < -0.3 is 9.84 Å². The Kier molecular flexibility index (Phi) is 8.94. The van der Waals surface area contributed by atoms with Crippen molar-refractivity contribution in [3.05, 3.63) is 77.5 Å². The number of benzene rings is 1. The van der Waals surface area contributed by atoms with Crippen LogP contribution >= 0.6 is 0 Å². The molecule has 2 unspecified atom stereocenters. The first-order chi connectivity index (χ1) is 16.5. The fourth-order valence-electron chi connectivity index (χ4n) is 4.21. The molecule has 0 bridgehead atoms. The second-order valence-corrected chi connectivity index (χ2v) is 8.48. The summed E-state index contributed by atoms with van der Waals surface area (Å²) in [5.74, 6) is -0.0285. The fraction of sp³-hybridized carbons (Fsp3) is 0.379. The lowest BCUT2D eigenvalue weighted by atomic mass is 9.90. The van der Waals surface area contributed by atoms with Gasteiger partial charge in [0, 0.05) is 28.9 Å². The minimum atomic E-state index is -0.699. The number of nitrogens with zero attached hydrogens (tertiary/aromatic N) is 1. The zero-order chi connectivity index (χ0) is 24.7. The predicted octanol–water partition coefficient (Wildman–Crippen LogP) is 6.62. The molecule has 0 spiro atoms. The van der Waals surface area contributed by atoms with Gasteiger partial charge in [0.05, 0.1) is 23.7 Å². The number of halogens is 1. The normalized spacial score (nSPS) is 21.0. The molecule has 1 saturated heterocycles. The van der Waals surface area contributed by atoms with Crippen LogP contribution in [0.3, 0.4) is 0 Å². The Morgan fingerprint density at radius 2 is 2.09 bits per heavy atom. The van der Waals surface area contributed by atoms with Gasteiger partial charge in [-0.25, -0.2) is 4.39 Å². The van der Waals surface area contributed by atoms with E-state index in [-0.39, 0.29) is 6.42 Å². The Balaban J connectivity index is 0.00000158. The largest absolute Gasteiger partial charge is 0.458 e. The van der Waals surface area contributed by atoms with Crippen LogP contribution in [-0.4, -0.2) is 34.9 Å². The standard InChI is InChI=1S/C27H28FNO3.C2H6/c1-3-5-18(6-4-13-28)26-22-11-7-17(2)14-24(22)29-27(19-8-9-19)23(26)12-10-21-15-20(30)16-25(31)32-21;1-2/h3-7,10-12,14,19-21,30H,1,8-9,13,15-16H2,2H3;1-2H3/b6-4-,12-10+,18-5+;. The van der Waals surface area contributed by atoms with Gasteiger partial charge in [-0.15, -0.1) is 0 Å². The number of hydrogen-bond acceptors (Lipinski definition) is 4. The monoisotopic (exact) mass is 463 g/mol. The van der Waals surface area contributed by atoms with Gasteiger partial charge in [-0.3, -0.25) is 9.78 Å². The maximum atomic E-state index is 13.0.